The molecule has 0 spiro atoms. The third kappa shape index (κ3) is 4.72. The van der Waals surface area contributed by atoms with Crippen molar-refractivity contribution >= 4 is 16.8 Å². The molecule has 0 bridgehead atoms. The molecule has 0 aliphatic heterocycles. The third-order valence-electron chi connectivity index (χ3n) is 5.51. The minimum atomic E-state index is -0.192. The summed E-state index contributed by atoms with van der Waals surface area (Å²) < 4.78 is 1.43. The maximum Gasteiger partial charge on any atom is 0.261 e. The number of amides is 1. The molecule has 5 heteroatoms. The second kappa shape index (κ2) is 9.39. The van der Waals surface area contributed by atoms with E-state index >= 15 is 0 Å². The number of para-hydroxylation sites is 1. The Bertz CT molecular complexity index is 1190. The molecule has 0 aliphatic carbocycles. The van der Waals surface area contributed by atoms with Crippen molar-refractivity contribution in [1.82, 2.24) is 14.9 Å². The number of nitrogens with one attached hydrogen (secondary N) is 1. The SMILES string of the molecule is Cc1nc2ccccc2c(=O)n1CC(=O)NCCC(c1ccccc1)c1ccccc1. The van der Waals surface area contributed by atoms with Crippen LogP contribution in [0.5, 0.6) is 0 Å². The second-order valence-electron chi connectivity index (χ2n) is 7.58. The van der Waals surface area contributed by atoms with Gasteiger partial charge in [0, 0.05) is 12.5 Å². The van der Waals surface area contributed by atoms with Gasteiger partial charge < -0.3 is 5.32 Å². The molecule has 0 unspecified atom stereocenters. The number of nitrogens with zero attached hydrogens (tertiary/aromatic N) is 2. The fourth-order valence-electron chi connectivity index (χ4n) is 3.92. The number of aromatic nitrogens is 2. The van der Waals surface area contributed by atoms with Gasteiger partial charge in [0.2, 0.25) is 5.91 Å². The molecule has 4 aromatic rings. The summed E-state index contributed by atoms with van der Waals surface area (Å²) in [5.41, 5.74) is 2.89. The fraction of sp³-hybridized carbons (Fsp3) is 0.192. The summed E-state index contributed by atoms with van der Waals surface area (Å²) in [5.74, 6) is 0.530. The molecular formula is C26H25N3O2. The van der Waals surface area contributed by atoms with E-state index in [4.69, 9.17) is 0 Å². The van der Waals surface area contributed by atoms with Crippen LogP contribution in [0.1, 0.15) is 29.3 Å². The highest BCUT2D eigenvalue weighted by Gasteiger charge is 2.15. The Kier molecular flexibility index (Phi) is 6.22. The van der Waals surface area contributed by atoms with E-state index in [1.807, 2.05) is 42.5 Å². The smallest absolute Gasteiger partial charge is 0.261 e. The predicted molar refractivity (Wildman–Crippen MR) is 123 cm³/mol. The van der Waals surface area contributed by atoms with E-state index in [9.17, 15) is 9.59 Å². The molecule has 5 nitrogen and oxygen atoms in total. The first-order chi connectivity index (χ1) is 15.1. The van der Waals surface area contributed by atoms with Crippen LogP contribution in [0.4, 0.5) is 0 Å². The first kappa shape index (κ1) is 20.5. The molecule has 4 rings (SSSR count). The van der Waals surface area contributed by atoms with Crippen LogP contribution in [-0.4, -0.2) is 22.0 Å². The number of carbonyl (C=O) groups is 1. The van der Waals surface area contributed by atoms with Crippen molar-refractivity contribution < 1.29 is 4.79 Å². The van der Waals surface area contributed by atoms with Crippen molar-refractivity contribution in [3.05, 3.63) is 112 Å². The minimum absolute atomic E-state index is 0.0379. The van der Waals surface area contributed by atoms with E-state index in [1.54, 1.807) is 25.1 Å². The summed E-state index contributed by atoms with van der Waals surface area (Å²) in [6, 6.07) is 27.8. The number of benzene rings is 3. The van der Waals surface area contributed by atoms with Crippen molar-refractivity contribution in [2.24, 2.45) is 0 Å². The lowest BCUT2D eigenvalue weighted by molar-refractivity contribution is -0.121. The summed E-state index contributed by atoms with van der Waals surface area (Å²) in [6.45, 7) is 2.23. The zero-order valence-corrected chi connectivity index (χ0v) is 17.5. The van der Waals surface area contributed by atoms with Gasteiger partial charge in [0.1, 0.15) is 12.4 Å². The number of carbonyl (C=O) groups excluding carboxylic acids is 1. The van der Waals surface area contributed by atoms with E-state index < -0.39 is 0 Å². The Labute approximate surface area is 181 Å². The summed E-state index contributed by atoms with van der Waals surface area (Å²) in [7, 11) is 0. The van der Waals surface area contributed by atoms with Gasteiger partial charge in [-0.1, -0.05) is 72.8 Å². The van der Waals surface area contributed by atoms with Crippen LogP contribution in [0.2, 0.25) is 0 Å². The number of fused-ring (bicyclic) bond motifs is 1. The number of aryl methyl sites for hydroxylation is 1. The lowest BCUT2D eigenvalue weighted by Gasteiger charge is -2.18. The molecule has 0 atom stereocenters. The van der Waals surface area contributed by atoms with Crippen LogP contribution in [0.15, 0.2) is 89.7 Å². The molecule has 1 aromatic heterocycles. The van der Waals surface area contributed by atoms with E-state index in [0.717, 1.165) is 6.42 Å². The summed E-state index contributed by atoms with van der Waals surface area (Å²) in [6.07, 6.45) is 0.767. The van der Waals surface area contributed by atoms with Gasteiger partial charge in [-0.25, -0.2) is 4.98 Å². The fourth-order valence-corrected chi connectivity index (χ4v) is 3.92. The zero-order valence-electron chi connectivity index (χ0n) is 17.5. The van der Waals surface area contributed by atoms with Gasteiger partial charge >= 0.3 is 0 Å². The molecule has 1 amide bonds. The normalized spacial score (nSPS) is 11.0. The van der Waals surface area contributed by atoms with Gasteiger partial charge in [-0.3, -0.25) is 14.2 Å². The average molecular weight is 412 g/mol. The molecule has 0 saturated heterocycles. The average Bonchev–Trinajstić information content (AvgIpc) is 2.81. The van der Waals surface area contributed by atoms with Crippen molar-refractivity contribution in [3.63, 3.8) is 0 Å². The van der Waals surface area contributed by atoms with E-state index in [2.05, 4.69) is 34.6 Å². The largest absolute Gasteiger partial charge is 0.355 e. The van der Waals surface area contributed by atoms with E-state index in [0.29, 0.717) is 23.3 Å². The van der Waals surface area contributed by atoms with Gasteiger partial charge in [0.25, 0.3) is 5.56 Å². The summed E-state index contributed by atoms with van der Waals surface area (Å²) in [4.78, 5) is 29.8. The Hall–Kier alpha value is -3.73. The van der Waals surface area contributed by atoms with E-state index in [1.165, 1.54) is 15.7 Å². The van der Waals surface area contributed by atoms with Crippen LogP contribution in [0, 0.1) is 6.92 Å². The van der Waals surface area contributed by atoms with Gasteiger partial charge in [0.15, 0.2) is 0 Å². The Morgan fingerprint density at radius 1 is 0.903 bits per heavy atom. The quantitative estimate of drug-likeness (QED) is 0.499. The third-order valence-corrected chi connectivity index (χ3v) is 5.51. The topological polar surface area (TPSA) is 64.0 Å². The van der Waals surface area contributed by atoms with Crippen LogP contribution in [0.25, 0.3) is 10.9 Å². The van der Waals surface area contributed by atoms with Crippen LogP contribution < -0.4 is 10.9 Å². The van der Waals surface area contributed by atoms with E-state index in [-0.39, 0.29) is 23.9 Å². The molecule has 1 heterocycles. The van der Waals surface area contributed by atoms with Crippen molar-refractivity contribution in [2.45, 2.75) is 25.8 Å². The lowest BCUT2D eigenvalue weighted by atomic mass is 9.88. The van der Waals surface area contributed by atoms with Gasteiger partial charge in [-0.15, -0.1) is 0 Å². The Morgan fingerprint density at radius 2 is 1.48 bits per heavy atom. The highest BCUT2D eigenvalue weighted by Crippen LogP contribution is 2.27. The van der Waals surface area contributed by atoms with Crippen molar-refractivity contribution in [1.29, 1.82) is 0 Å². The second-order valence-corrected chi connectivity index (χ2v) is 7.58. The molecule has 0 aliphatic rings. The standard InChI is InChI=1S/C26H25N3O2/c1-19-28-24-15-9-8-14-23(24)26(31)29(19)18-25(30)27-17-16-22(20-10-4-2-5-11-20)21-12-6-3-7-13-21/h2-15,22H,16-18H2,1H3,(H,27,30). The molecule has 0 radical (unpaired) electrons. The van der Waals surface area contributed by atoms with Crippen LogP contribution in [0.3, 0.4) is 0 Å². The highest BCUT2D eigenvalue weighted by molar-refractivity contribution is 5.79. The highest BCUT2D eigenvalue weighted by atomic mass is 16.2. The van der Waals surface area contributed by atoms with Crippen molar-refractivity contribution in [2.75, 3.05) is 6.54 Å². The molecule has 156 valence electrons. The molecule has 0 fully saturated rings. The van der Waals surface area contributed by atoms with Crippen LogP contribution in [-0.2, 0) is 11.3 Å². The predicted octanol–water partition coefficient (Wildman–Crippen LogP) is 4.04. The lowest BCUT2D eigenvalue weighted by Crippen LogP contribution is -2.34. The van der Waals surface area contributed by atoms with Gasteiger partial charge in [-0.05, 0) is 36.6 Å². The maximum absolute atomic E-state index is 12.8. The Morgan fingerprint density at radius 3 is 2.13 bits per heavy atom. The molecule has 3 aromatic carbocycles. The Balaban J connectivity index is 1.45. The van der Waals surface area contributed by atoms with Crippen LogP contribution >= 0.6 is 0 Å². The van der Waals surface area contributed by atoms with Gasteiger partial charge in [-0.2, -0.15) is 0 Å². The number of hydrogen-bond donors (Lipinski definition) is 1. The number of hydrogen-bond acceptors (Lipinski definition) is 3. The number of rotatable bonds is 7. The monoisotopic (exact) mass is 411 g/mol. The molecule has 0 saturated carbocycles. The first-order valence-electron chi connectivity index (χ1n) is 10.5. The summed E-state index contributed by atoms with van der Waals surface area (Å²) >= 11 is 0. The molecule has 31 heavy (non-hydrogen) atoms. The molecular weight excluding hydrogens is 386 g/mol. The van der Waals surface area contributed by atoms with Gasteiger partial charge in [0.05, 0.1) is 10.9 Å². The maximum atomic E-state index is 12.8. The first-order valence-corrected chi connectivity index (χ1v) is 10.5. The minimum Gasteiger partial charge on any atom is -0.355 e. The van der Waals surface area contributed by atoms with Crippen molar-refractivity contribution in [3.8, 4) is 0 Å². The summed E-state index contributed by atoms with van der Waals surface area (Å²) in [5, 5.41) is 3.50. The zero-order chi connectivity index (χ0) is 21.6. The molecule has 1 N–H and O–H groups in total.